The minimum Gasteiger partial charge on any atom is -0.493 e. The number of nitrogens with one attached hydrogen (secondary N) is 1. The number of halogens is 2. The first-order valence-electron chi connectivity index (χ1n) is 8.11. The SMILES string of the molecule is CCOc1c(Br)cc(/C=N\Nc2nc(-c3ccc(F)cc3)cs2)cc1OC. The van der Waals surface area contributed by atoms with E-state index >= 15 is 0 Å². The Kier molecular flexibility index (Phi) is 6.41. The number of ether oxygens (including phenoxy) is 2. The number of nitrogens with zero attached hydrogens (tertiary/aromatic N) is 2. The number of methoxy groups -OCH3 is 1. The summed E-state index contributed by atoms with van der Waals surface area (Å²) >= 11 is 4.91. The number of hydrogen-bond donors (Lipinski definition) is 1. The molecular weight excluding hydrogens is 433 g/mol. The maximum Gasteiger partial charge on any atom is 0.203 e. The third kappa shape index (κ3) is 4.84. The van der Waals surface area contributed by atoms with Gasteiger partial charge in [-0.25, -0.2) is 9.37 Å². The number of anilines is 1. The van der Waals surface area contributed by atoms with Gasteiger partial charge in [-0.15, -0.1) is 11.3 Å². The van der Waals surface area contributed by atoms with E-state index in [4.69, 9.17) is 9.47 Å². The van der Waals surface area contributed by atoms with E-state index < -0.39 is 0 Å². The van der Waals surface area contributed by atoms with Gasteiger partial charge in [0.2, 0.25) is 5.13 Å². The van der Waals surface area contributed by atoms with E-state index in [9.17, 15) is 4.39 Å². The summed E-state index contributed by atoms with van der Waals surface area (Å²) in [6.07, 6.45) is 1.67. The second kappa shape index (κ2) is 8.96. The molecule has 0 aliphatic heterocycles. The molecule has 1 aromatic heterocycles. The predicted molar refractivity (Wildman–Crippen MR) is 111 cm³/mol. The highest BCUT2D eigenvalue weighted by atomic mass is 79.9. The van der Waals surface area contributed by atoms with Gasteiger partial charge in [0.25, 0.3) is 0 Å². The molecule has 0 spiro atoms. The van der Waals surface area contributed by atoms with E-state index in [1.807, 2.05) is 24.4 Å². The predicted octanol–water partition coefficient (Wildman–Crippen LogP) is 5.57. The maximum atomic E-state index is 13.0. The summed E-state index contributed by atoms with van der Waals surface area (Å²) in [5.41, 5.74) is 5.36. The molecule has 0 aliphatic carbocycles. The zero-order valence-corrected chi connectivity index (χ0v) is 17.1. The number of hydrogen-bond acceptors (Lipinski definition) is 6. The Hall–Kier alpha value is -2.45. The molecule has 0 bridgehead atoms. The first-order valence-corrected chi connectivity index (χ1v) is 9.79. The Labute approximate surface area is 169 Å². The highest BCUT2D eigenvalue weighted by molar-refractivity contribution is 9.10. The molecule has 27 heavy (non-hydrogen) atoms. The first kappa shape index (κ1) is 19.3. The first-order chi connectivity index (χ1) is 13.1. The van der Waals surface area contributed by atoms with Gasteiger partial charge in [0.1, 0.15) is 5.82 Å². The molecule has 140 valence electrons. The van der Waals surface area contributed by atoms with Crippen LogP contribution < -0.4 is 14.9 Å². The molecule has 1 N–H and O–H groups in total. The van der Waals surface area contributed by atoms with Crippen LogP contribution in [-0.2, 0) is 0 Å². The number of rotatable bonds is 7. The van der Waals surface area contributed by atoms with Crippen LogP contribution in [0.25, 0.3) is 11.3 Å². The van der Waals surface area contributed by atoms with Crippen molar-refractivity contribution in [3.05, 3.63) is 57.6 Å². The van der Waals surface area contributed by atoms with Crippen LogP contribution >= 0.6 is 27.3 Å². The second-order valence-electron chi connectivity index (χ2n) is 5.38. The number of benzene rings is 2. The van der Waals surface area contributed by atoms with Crippen LogP contribution in [0, 0.1) is 5.82 Å². The molecular formula is C19H17BrFN3O2S. The number of aromatic nitrogens is 1. The highest BCUT2D eigenvalue weighted by Gasteiger charge is 2.10. The van der Waals surface area contributed by atoms with Crippen molar-refractivity contribution in [1.82, 2.24) is 4.98 Å². The van der Waals surface area contributed by atoms with Crippen LogP contribution in [0.3, 0.4) is 0 Å². The maximum absolute atomic E-state index is 13.0. The van der Waals surface area contributed by atoms with Gasteiger partial charge in [-0.1, -0.05) is 0 Å². The molecule has 0 radical (unpaired) electrons. The van der Waals surface area contributed by atoms with Crippen molar-refractivity contribution in [2.75, 3.05) is 19.1 Å². The van der Waals surface area contributed by atoms with Gasteiger partial charge in [0.15, 0.2) is 11.5 Å². The van der Waals surface area contributed by atoms with Crippen molar-refractivity contribution in [2.24, 2.45) is 5.10 Å². The van der Waals surface area contributed by atoms with Crippen LogP contribution in [0.4, 0.5) is 9.52 Å². The lowest BCUT2D eigenvalue weighted by atomic mass is 10.2. The molecule has 0 unspecified atom stereocenters. The van der Waals surface area contributed by atoms with E-state index in [0.29, 0.717) is 23.2 Å². The number of hydrazone groups is 1. The molecule has 0 aliphatic rings. The largest absolute Gasteiger partial charge is 0.493 e. The molecule has 8 heteroatoms. The monoisotopic (exact) mass is 449 g/mol. The van der Waals surface area contributed by atoms with E-state index in [0.717, 1.165) is 21.3 Å². The standard InChI is InChI=1S/C19H17BrFN3O2S/c1-3-26-18-15(20)8-12(9-17(18)25-2)10-22-24-19-23-16(11-27-19)13-4-6-14(21)7-5-13/h4-11H,3H2,1-2H3,(H,23,24)/b22-10-. The van der Waals surface area contributed by atoms with Crippen molar-refractivity contribution in [1.29, 1.82) is 0 Å². The van der Waals surface area contributed by atoms with Crippen molar-refractivity contribution < 1.29 is 13.9 Å². The fraction of sp³-hybridized carbons (Fsp3) is 0.158. The molecule has 0 fully saturated rings. The van der Waals surface area contributed by atoms with E-state index in [1.165, 1.54) is 23.5 Å². The summed E-state index contributed by atoms with van der Waals surface area (Å²) in [6.45, 7) is 2.46. The second-order valence-corrected chi connectivity index (χ2v) is 7.09. The Morgan fingerprint density at radius 3 is 2.78 bits per heavy atom. The molecule has 1 heterocycles. The molecule has 0 atom stereocenters. The molecule has 5 nitrogen and oxygen atoms in total. The fourth-order valence-electron chi connectivity index (χ4n) is 2.34. The summed E-state index contributed by atoms with van der Waals surface area (Å²) in [5.74, 6) is 1.02. The van der Waals surface area contributed by atoms with E-state index in [-0.39, 0.29) is 5.82 Å². The zero-order chi connectivity index (χ0) is 19.2. The van der Waals surface area contributed by atoms with Gasteiger partial charge in [-0.2, -0.15) is 5.10 Å². The lowest BCUT2D eigenvalue weighted by Crippen LogP contribution is -1.98. The average Bonchev–Trinajstić information content (AvgIpc) is 3.13. The quantitative estimate of drug-likeness (QED) is 0.378. The summed E-state index contributed by atoms with van der Waals surface area (Å²) in [5, 5.41) is 6.75. The van der Waals surface area contributed by atoms with Crippen molar-refractivity contribution >= 4 is 38.6 Å². The Morgan fingerprint density at radius 2 is 2.07 bits per heavy atom. The average molecular weight is 450 g/mol. The van der Waals surface area contributed by atoms with Crippen molar-refractivity contribution in [2.45, 2.75) is 6.92 Å². The van der Waals surface area contributed by atoms with Crippen LogP contribution in [-0.4, -0.2) is 24.9 Å². The smallest absolute Gasteiger partial charge is 0.203 e. The minimum atomic E-state index is -0.270. The summed E-state index contributed by atoms with van der Waals surface area (Å²) < 4.78 is 24.8. The van der Waals surface area contributed by atoms with Gasteiger partial charge >= 0.3 is 0 Å². The van der Waals surface area contributed by atoms with E-state index in [2.05, 4.69) is 31.4 Å². The Morgan fingerprint density at radius 1 is 1.30 bits per heavy atom. The van der Waals surface area contributed by atoms with Gasteiger partial charge in [0.05, 0.1) is 30.1 Å². The van der Waals surface area contributed by atoms with Gasteiger partial charge < -0.3 is 9.47 Å². The summed E-state index contributed by atoms with van der Waals surface area (Å²) in [4.78, 5) is 4.45. The third-order valence-electron chi connectivity index (χ3n) is 3.56. The van der Waals surface area contributed by atoms with Crippen LogP contribution in [0.2, 0.25) is 0 Å². The van der Waals surface area contributed by atoms with Gasteiger partial charge in [-0.05, 0) is 64.8 Å². The molecule has 2 aromatic carbocycles. The van der Waals surface area contributed by atoms with Gasteiger partial charge in [-0.3, -0.25) is 5.43 Å². The topological polar surface area (TPSA) is 55.7 Å². The molecule has 0 amide bonds. The Bertz CT molecular complexity index is 945. The fourth-order valence-corrected chi connectivity index (χ4v) is 3.58. The Balaban J connectivity index is 1.71. The molecule has 3 aromatic rings. The van der Waals surface area contributed by atoms with Crippen LogP contribution in [0.1, 0.15) is 12.5 Å². The van der Waals surface area contributed by atoms with Crippen molar-refractivity contribution in [3.8, 4) is 22.8 Å². The van der Waals surface area contributed by atoms with Gasteiger partial charge in [0, 0.05) is 10.9 Å². The number of thiazole rings is 1. The normalized spacial score (nSPS) is 11.0. The third-order valence-corrected chi connectivity index (χ3v) is 4.89. The van der Waals surface area contributed by atoms with E-state index in [1.54, 1.807) is 25.5 Å². The highest BCUT2D eigenvalue weighted by Crippen LogP contribution is 2.36. The zero-order valence-electron chi connectivity index (χ0n) is 14.7. The lowest BCUT2D eigenvalue weighted by molar-refractivity contribution is 0.309. The van der Waals surface area contributed by atoms with Crippen molar-refractivity contribution in [3.63, 3.8) is 0 Å². The molecule has 0 saturated carbocycles. The summed E-state index contributed by atoms with van der Waals surface area (Å²) in [7, 11) is 1.59. The summed E-state index contributed by atoms with van der Waals surface area (Å²) in [6, 6.07) is 9.95. The van der Waals surface area contributed by atoms with Crippen LogP contribution in [0.5, 0.6) is 11.5 Å². The lowest BCUT2D eigenvalue weighted by Gasteiger charge is -2.11. The van der Waals surface area contributed by atoms with Crippen LogP contribution in [0.15, 0.2) is 51.4 Å². The molecule has 3 rings (SSSR count). The molecule has 0 saturated heterocycles. The minimum absolute atomic E-state index is 0.270.